The summed E-state index contributed by atoms with van der Waals surface area (Å²) in [7, 11) is 0. The first-order valence-electron chi connectivity index (χ1n) is 8.36. The SMILES string of the molecule is CCN1CCCC(N2C(=O)C(CC)(CC)NC(=O)C2C)C1. The summed E-state index contributed by atoms with van der Waals surface area (Å²) in [5.74, 6) is 0.106. The largest absolute Gasteiger partial charge is 0.340 e. The van der Waals surface area contributed by atoms with E-state index in [0.29, 0.717) is 12.8 Å². The van der Waals surface area contributed by atoms with Gasteiger partial charge in [0.25, 0.3) is 0 Å². The number of carbonyl (C=O) groups is 2. The highest BCUT2D eigenvalue weighted by Gasteiger charge is 2.49. The maximum Gasteiger partial charge on any atom is 0.249 e. The molecule has 120 valence electrons. The molecule has 0 bridgehead atoms. The third kappa shape index (κ3) is 2.80. The monoisotopic (exact) mass is 295 g/mol. The van der Waals surface area contributed by atoms with Crippen molar-refractivity contribution in [2.24, 2.45) is 0 Å². The average molecular weight is 295 g/mol. The highest BCUT2D eigenvalue weighted by Crippen LogP contribution is 2.29. The van der Waals surface area contributed by atoms with Crippen molar-refractivity contribution in [3.63, 3.8) is 0 Å². The molecule has 1 N–H and O–H groups in total. The van der Waals surface area contributed by atoms with Gasteiger partial charge in [0.15, 0.2) is 0 Å². The Kier molecular flexibility index (Phi) is 4.91. The molecule has 2 saturated heterocycles. The standard InChI is InChI=1S/C16H29N3O2/c1-5-16(6-2)15(21)19(12(4)14(20)17-16)13-9-8-10-18(7-3)11-13/h12-13H,5-11H2,1-4H3,(H,17,20). The molecule has 2 aliphatic rings. The van der Waals surface area contributed by atoms with Gasteiger partial charge in [0.05, 0.1) is 0 Å². The highest BCUT2D eigenvalue weighted by atomic mass is 16.2. The molecule has 2 rings (SSSR count). The van der Waals surface area contributed by atoms with Crippen molar-refractivity contribution in [2.45, 2.75) is 71.0 Å². The van der Waals surface area contributed by atoms with Gasteiger partial charge >= 0.3 is 0 Å². The number of nitrogens with one attached hydrogen (secondary N) is 1. The molecule has 0 aromatic heterocycles. The fraction of sp³-hybridized carbons (Fsp3) is 0.875. The van der Waals surface area contributed by atoms with Gasteiger partial charge in [-0.1, -0.05) is 20.8 Å². The van der Waals surface area contributed by atoms with Crippen LogP contribution in [0.15, 0.2) is 0 Å². The second-order valence-corrected chi connectivity index (χ2v) is 6.36. The summed E-state index contributed by atoms with van der Waals surface area (Å²) in [6.07, 6.45) is 3.41. The fourth-order valence-corrected chi connectivity index (χ4v) is 3.70. The summed E-state index contributed by atoms with van der Waals surface area (Å²) in [4.78, 5) is 29.7. The van der Waals surface area contributed by atoms with Gasteiger partial charge in [-0.05, 0) is 45.7 Å². The van der Waals surface area contributed by atoms with Gasteiger partial charge < -0.3 is 15.1 Å². The molecule has 2 aliphatic heterocycles. The van der Waals surface area contributed by atoms with Gasteiger partial charge in [-0.2, -0.15) is 0 Å². The normalized spacial score (nSPS) is 30.4. The molecule has 0 aliphatic carbocycles. The Morgan fingerprint density at radius 2 is 1.90 bits per heavy atom. The van der Waals surface area contributed by atoms with Crippen LogP contribution in [0.3, 0.4) is 0 Å². The number of hydrogen-bond acceptors (Lipinski definition) is 3. The van der Waals surface area contributed by atoms with Crippen molar-refractivity contribution in [1.82, 2.24) is 15.1 Å². The third-order valence-corrected chi connectivity index (χ3v) is 5.33. The maximum absolute atomic E-state index is 13.1. The minimum Gasteiger partial charge on any atom is -0.340 e. The van der Waals surface area contributed by atoms with Gasteiger partial charge in [0, 0.05) is 12.6 Å². The van der Waals surface area contributed by atoms with Crippen LogP contribution in [0.2, 0.25) is 0 Å². The van der Waals surface area contributed by atoms with E-state index < -0.39 is 5.54 Å². The Labute approximate surface area is 128 Å². The minimum atomic E-state index is -0.696. The Hall–Kier alpha value is -1.10. The summed E-state index contributed by atoms with van der Waals surface area (Å²) in [5.41, 5.74) is -0.696. The number of nitrogens with zero attached hydrogens (tertiary/aromatic N) is 2. The average Bonchev–Trinajstić information content (AvgIpc) is 2.51. The zero-order valence-electron chi connectivity index (χ0n) is 13.8. The van der Waals surface area contributed by atoms with E-state index in [0.717, 1.165) is 32.5 Å². The number of likely N-dealkylation sites (N-methyl/N-ethyl adjacent to an activating group) is 1. The van der Waals surface area contributed by atoms with E-state index >= 15 is 0 Å². The number of hydrogen-bond donors (Lipinski definition) is 1. The van der Waals surface area contributed by atoms with Crippen molar-refractivity contribution in [2.75, 3.05) is 19.6 Å². The Bertz CT molecular complexity index is 406. The van der Waals surface area contributed by atoms with Crippen molar-refractivity contribution in [3.8, 4) is 0 Å². The quantitative estimate of drug-likeness (QED) is 0.852. The minimum absolute atomic E-state index is 0.00748. The molecule has 2 atom stereocenters. The van der Waals surface area contributed by atoms with Gasteiger partial charge in [-0.15, -0.1) is 0 Å². The summed E-state index contributed by atoms with van der Waals surface area (Å²) in [5, 5.41) is 2.98. The van der Waals surface area contributed by atoms with E-state index in [4.69, 9.17) is 0 Å². The topological polar surface area (TPSA) is 52.6 Å². The molecule has 0 aromatic carbocycles. The Morgan fingerprint density at radius 3 is 2.48 bits per heavy atom. The lowest BCUT2D eigenvalue weighted by molar-refractivity contribution is -0.159. The highest BCUT2D eigenvalue weighted by molar-refractivity contribution is 5.99. The molecule has 0 saturated carbocycles. The first-order chi connectivity index (χ1) is 9.99. The van der Waals surface area contributed by atoms with Gasteiger partial charge in [-0.3, -0.25) is 9.59 Å². The van der Waals surface area contributed by atoms with E-state index in [2.05, 4.69) is 17.1 Å². The van der Waals surface area contributed by atoms with Crippen molar-refractivity contribution < 1.29 is 9.59 Å². The van der Waals surface area contributed by atoms with Crippen LogP contribution in [0.5, 0.6) is 0 Å². The molecule has 2 amide bonds. The molecule has 5 heteroatoms. The van der Waals surface area contributed by atoms with Gasteiger partial charge in [0.1, 0.15) is 11.6 Å². The molecular formula is C16H29N3O2. The third-order valence-electron chi connectivity index (χ3n) is 5.33. The van der Waals surface area contributed by atoms with Crippen LogP contribution in [0.25, 0.3) is 0 Å². The first kappa shape index (κ1) is 16.3. The molecule has 21 heavy (non-hydrogen) atoms. The van der Waals surface area contributed by atoms with Crippen LogP contribution in [0.4, 0.5) is 0 Å². The van der Waals surface area contributed by atoms with E-state index in [1.54, 1.807) is 0 Å². The van der Waals surface area contributed by atoms with Crippen LogP contribution in [0, 0.1) is 0 Å². The summed E-state index contributed by atoms with van der Waals surface area (Å²) >= 11 is 0. The Balaban J connectivity index is 2.26. The van der Waals surface area contributed by atoms with Crippen molar-refractivity contribution in [3.05, 3.63) is 0 Å². The maximum atomic E-state index is 13.1. The molecule has 0 radical (unpaired) electrons. The van der Waals surface area contributed by atoms with E-state index in [1.165, 1.54) is 0 Å². The molecule has 0 spiro atoms. The number of amides is 2. The predicted octanol–water partition coefficient (Wildman–Crippen LogP) is 1.38. The van der Waals surface area contributed by atoms with Crippen LogP contribution in [-0.4, -0.2) is 58.9 Å². The molecule has 5 nitrogen and oxygen atoms in total. The summed E-state index contributed by atoms with van der Waals surface area (Å²) < 4.78 is 0. The zero-order valence-corrected chi connectivity index (χ0v) is 13.8. The van der Waals surface area contributed by atoms with Gasteiger partial charge in [-0.25, -0.2) is 0 Å². The lowest BCUT2D eigenvalue weighted by Crippen LogP contribution is -2.72. The lowest BCUT2D eigenvalue weighted by atomic mass is 9.85. The van der Waals surface area contributed by atoms with Crippen LogP contribution in [-0.2, 0) is 9.59 Å². The van der Waals surface area contributed by atoms with Gasteiger partial charge in [0.2, 0.25) is 11.8 Å². The second kappa shape index (κ2) is 6.34. The first-order valence-corrected chi connectivity index (χ1v) is 8.36. The van der Waals surface area contributed by atoms with E-state index in [-0.39, 0.29) is 23.9 Å². The molecular weight excluding hydrogens is 266 g/mol. The van der Waals surface area contributed by atoms with Crippen LogP contribution in [0.1, 0.15) is 53.4 Å². The number of likely N-dealkylation sites (tertiary alicyclic amines) is 1. The number of piperazine rings is 1. The van der Waals surface area contributed by atoms with Crippen molar-refractivity contribution >= 4 is 11.8 Å². The number of piperidine rings is 1. The zero-order chi connectivity index (χ0) is 15.6. The second-order valence-electron chi connectivity index (χ2n) is 6.36. The fourth-order valence-electron chi connectivity index (χ4n) is 3.70. The summed E-state index contributed by atoms with van der Waals surface area (Å²) in [6, 6.07) is -0.185. The number of carbonyl (C=O) groups excluding carboxylic acids is 2. The van der Waals surface area contributed by atoms with E-state index in [9.17, 15) is 9.59 Å². The lowest BCUT2D eigenvalue weighted by Gasteiger charge is -2.49. The van der Waals surface area contributed by atoms with E-state index in [1.807, 2.05) is 25.7 Å². The smallest absolute Gasteiger partial charge is 0.249 e. The number of rotatable bonds is 4. The summed E-state index contributed by atoms with van der Waals surface area (Å²) in [6.45, 7) is 11.0. The predicted molar refractivity (Wildman–Crippen MR) is 82.9 cm³/mol. The van der Waals surface area contributed by atoms with Crippen LogP contribution >= 0.6 is 0 Å². The molecule has 0 aromatic rings. The Morgan fingerprint density at radius 1 is 1.24 bits per heavy atom. The molecule has 2 unspecified atom stereocenters. The van der Waals surface area contributed by atoms with Crippen molar-refractivity contribution in [1.29, 1.82) is 0 Å². The molecule has 2 heterocycles. The van der Waals surface area contributed by atoms with Crippen LogP contribution < -0.4 is 5.32 Å². The molecule has 2 fully saturated rings.